The first-order valence-electron chi connectivity index (χ1n) is 10.2. The third-order valence-corrected chi connectivity index (χ3v) is 5.99. The number of ether oxygens (including phenoxy) is 1. The van der Waals surface area contributed by atoms with Gasteiger partial charge in [0.1, 0.15) is 11.3 Å². The van der Waals surface area contributed by atoms with Gasteiger partial charge in [-0.1, -0.05) is 30.3 Å². The lowest BCUT2D eigenvalue weighted by Crippen LogP contribution is -2.45. The molecule has 3 aromatic rings. The van der Waals surface area contributed by atoms with Gasteiger partial charge in [-0.3, -0.25) is 9.69 Å². The smallest absolute Gasteiger partial charge is 0.289 e. The Morgan fingerprint density at radius 2 is 1.90 bits per heavy atom. The molecule has 5 nitrogen and oxygen atoms in total. The van der Waals surface area contributed by atoms with E-state index in [0.29, 0.717) is 11.8 Å². The molecule has 0 unspecified atom stereocenters. The van der Waals surface area contributed by atoms with E-state index in [0.717, 1.165) is 54.8 Å². The van der Waals surface area contributed by atoms with Gasteiger partial charge in [-0.15, -0.1) is 0 Å². The molecule has 2 aromatic carbocycles. The number of rotatable bonds is 5. The Hall–Kier alpha value is -2.79. The second-order valence-electron chi connectivity index (χ2n) is 7.84. The summed E-state index contributed by atoms with van der Waals surface area (Å²) < 4.78 is 11.2. The zero-order chi connectivity index (χ0) is 20.4. The lowest BCUT2D eigenvalue weighted by molar-refractivity contribution is 0.0610. The quantitative estimate of drug-likeness (QED) is 0.642. The van der Waals surface area contributed by atoms with E-state index >= 15 is 0 Å². The number of nitrogens with zero attached hydrogens (tertiary/aromatic N) is 2. The van der Waals surface area contributed by atoms with Crippen LogP contribution in [0.1, 0.15) is 34.5 Å². The Morgan fingerprint density at radius 1 is 1.17 bits per heavy atom. The minimum atomic E-state index is -0.0122. The van der Waals surface area contributed by atoms with E-state index in [4.69, 9.17) is 9.15 Å². The average molecular weight is 392 g/mol. The maximum Gasteiger partial charge on any atom is 0.289 e. The summed E-state index contributed by atoms with van der Waals surface area (Å²) in [6.07, 6.45) is 1.95. The number of carbonyl (C=O) groups is 1. The zero-order valence-corrected chi connectivity index (χ0v) is 17.4. The standard InChI is InChI=1S/C24H28N2O3/c1-17-21-15-20(28-3)9-10-22(21)29-23(17)24(27)26-13-11-19(12-14-26)25(2)16-18-7-5-4-6-8-18/h4-10,15,19H,11-14,16H2,1-3H3. The molecule has 0 aliphatic carbocycles. The van der Waals surface area contributed by atoms with Gasteiger partial charge in [-0.2, -0.15) is 0 Å². The number of piperidine rings is 1. The monoisotopic (exact) mass is 392 g/mol. The van der Waals surface area contributed by atoms with Gasteiger partial charge in [0.2, 0.25) is 0 Å². The van der Waals surface area contributed by atoms with Crippen molar-refractivity contribution in [1.82, 2.24) is 9.80 Å². The Kier molecular flexibility index (Phi) is 5.58. The number of hydrogen-bond donors (Lipinski definition) is 0. The van der Waals surface area contributed by atoms with E-state index in [1.807, 2.05) is 36.1 Å². The molecule has 1 aliphatic rings. The average Bonchev–Trinajstić information content (AvgIpc) is 3.09. The van der Waals surface area contributed by atoms with Crippen LogP contribution in [0.25, 0.3) is 11.0 Å². The van der Waals surface area contributed by atoms with Gasteiger partial charge in [0.25, 0.3) is 5.91 Å². The number of carbonyl (C=O) groups excluding carboxylic acids is 1. The fourth-order valence-corrected chi connectivity index (χ4v) is 4.18. The van der Waals surface area contributed by atoms with Gasteiger partial charge < -0.3 is 14.1 Å². The highest BCUT2D eigenvalue weighted by atomic mass is 16.5. The highest BCUT2D eigenvalue weighted by Crippen LogP contribution is 2.30. The highest BCUT2D eigenvalue weighted by molar-refractivity contribution is 5.99. The highest BCUT2D eigenvalue weighted by Gasteiger charge is 2.29. The Bertz CT molecular complexity index is 988. The first kappa shape index (κ1) is 19.5. The number of benzene rings is 2. The van der Waals surface area contributed by atoms with Crippen LogP contribution in [-0.4, -0.2) is 49.0 Å². The van der Waals surface area contributed by atoms with Crippen LogP contribution in [0.3, 0.4) is 0 Å². The molecule has 1 aliphatic heterocycles. The molecule has 0 saturated carbocycles. The van der Waals surface area contributed by atoms with Gasteiger partial charge in [0.15, 0.2) is 5.76 Å². The van der Waals surface area contributed by atoms with Crippen LogP contribution in [0.5, 0.6) is 5.75 Å². The van der Waals surface area contributed by atoms with Crippen LogP contribution in [-0.2, 0) is 6.54 Å². The normalized spacial score (nSPS) is 15.2. The summed E-state index contributed by atoms with van der Waals surface area (Å²) in [4.78, 5) is 17.4. The van der Waals surface area contributed by atoms with Crippen LogP contribution < -0.4 is 4.74 Å². The SMILES string of the molecule is COc1ccc2oc(C(=O)N3CCC(N(C)Cc4ccccc4)CC3)c(C)c2c1. The molecule has 0 N–H and O–H groups in total. The predicted octanol–water partition coefficient (Wildman–Crippen LogP) is 4.49. The van der Waals surface area contributed by atoms with Crippen molar-refractivity contribution in [2.45, 2.75) is 32.4 Å². The van der Waals surface area contributed by atoms with Crippen LogP contribution in [0.15, 0.2) is 52.9 Å². The van der Waals surface area contributed by atoms with E-state index < -0.39 is 0 Å². The molecule has 1 fully saturated rings. The van der Waals surface area contributed by atoms with Gasteiger partial charge >= 0.3 is 0 Å². The number of methoxy groups -OCH3 is 1. The van der Waals surface area contributed by atoms with Gasteiger partial charge in [0.05, 0.1) is 7.11 Å². The first-order chi connectivity index (χ1) is 14.1. The van der Waals surface area contributed by atoms with Crippen molar-refractivity contribution in [3.63, 3.8) is 0 Å². The van der Waals surface area contributed by atoms with E-state index in [9.17, 15) is 4.79 Å². The van der Waals surface area contributed by atoms with Gasteiger partial charge in [-0.25, -0.2) is 0 Å². The lowest BCUT2D eigenvalue weighted by Gasteiger charge is -2.36. The zero-order valence-electron chi connectivity index (χ0n) is 17.4. The van der Waals surface area contributed by atoms with E-state index in [1.54, 1.807) is 7.11 Å². The predicted molar refractivity (Wildman–Crippen MR) is 114 cm³/mol. The molecule has 5 heteroatoms. The molecule has 2 heterocycles. The van der Waals surface area contributed by atoms with Gasteiger partial charge in [0, 0.05) is 36.6 Å². The number of fused-ring (bicyclic) bond motifs is 1. The molecule has 0 radical (unpaired) electrons. The van der Waals surface area contributed by atoms with Crippen LogP contribution in [0, 0.1) is 6.92 Å². The van der Waals surface area contributed by atoms with Crippen molar-refractivity contribution in [3.8, 4) is 5.75 Å². The number of aryl methyl sites for hydroxylation is 1. The fourth-order valence-electron chi connectivity index (χ4n) is 4.18. The molecule has 4 rings (SSSR count). The van der Waals surface area contributed by atoms with Crippen molar-refractivity contribution in [1.29, 1.82) is 0 Å². The largest absolute Gasteiger partial charge is 0.497 e. The molecule has 1 aromatic heterocycles. The summed E-state index contributed by atoms with van der Waals surface area (Å²) >= 11 is 0. The molecule has 0 bridgehead atoms. The summed E-state index contributed by atoms with van der Waals surface area (Å²) in [7, 11) is 3.81. The van der Waals surface area contributed by atoms with Gasteiger partial charge in [-0.05, 0) is 50.6 Å². The van der Waals surface area contributed by atoms with E-state index in [1.165, 1.54) is 5.56 Å². The summed E-state index contributed by atoms with van der Waals surface area (Å²) in [6, 6.07) is 16.7. The van der Waals surface area contributed by atoms with Crippen molar-refractivity contribution < 1.29 is 13.9 Å². The lowest BCUT2D eigenvalue weighted by atomic mass is 10.0. The van der Waals surface area contributed by atoms with Crippen LogP contribution >= 0.6 is 0 Å². The second-order valence-corrected chi connectivity index (χ2v) is 7.84. The van der Waals surface area contributed by atoms with E-state index in [-0.39, 0.29) is 5.91 Å². The number of furan rings is 1. The molecular formula is C24H28N2O3. The van der Waals surface area contributed by atoms with Crippen molar-refractivity contribution >= 4 is 16.9 Å². The van der Waals surface area contributed by atoms with E-state index in [2.05, 4.69) is 36.2 Å². The Balaban J connectivity index is 1.41. The molecule has 152 valence electrons. The number of hydrogen-bond acceptors (Lipinski definition) is 4. The fraction of sp³-hybridized carbons (Fsp3) is 0.375. The Labute approximate surface area is 171 Å². The maximum absolute atomic E-state index is 13.1. The topological polar surface area (TPSA) is 45.9 Å². The summed E-state index contributed by atoms with van der Waals surface area (Å²) in [5, 5.41) is 0.935. The van der Waals surface area contributed by atoms with Crippen LogP contribution in [0.2, 0.25) is 0 Å². The van der Waals surface area contributed by atoms with Crippen LogP contribution in [0.4, 0.5) is 0 Å². The first-order valence-corrected chi connectivity index (χ1v) is 10.2. The molecule has 1 saturated heterocycles. The van der Waals surface area contributed by atoms with Crippen molar-refractivity contribution in [2.24, 2.45) is 0 Å². The second kappa shape index (κ2) is 8.29. The van der Waals surface area contributed by atoms with Crippen molar-refractivity contribution in [3.05, 3.63) is 65.4 Å². The third kappa shape index (κ3) is 4.01. The molecule has 1 amide bonds. The maximum atomic E-state index is 13.1. The van der Waals surface area contributed by atoms with Crippen molar-refractivity contribution in [2.75, 3.05) is 27.2 Å². The molecule has 0 atom stereocenters. The minimum absolute atomic E-state index is 0.0122. The minimum Gasteiger partial charge on any atom is -0.497 e. The summed E-state index contributed by atoms with van der Waals surface area (Å²) in [5.74, 6) is 1.20. The summed E-state index contributed by atoms with van der Waals surface area (Å²) in [5.41, 5.74) is 2.93. The summed E-state index contributed by atoms with van der Waals surface area (Å²) in [6.45, 7) is 4.38. The number of amides is 1. The molecule has 0 spiro atoms. The molecular weight excluding hydrogens is 364 g/mol. The Morgan fingerprint density at radius 3 is 2.59 bits per heavy atom. The number of likely N-dealkylation sites (tertiary alicyclic amines) is 1. The third-order valence-electron chi connectivity index (χ3n) is 5.99. The molecule has 29 heavy (non-hydrogen) atoms.